The number of esters is 3. The summed E-state index contributed by atoms with van der Waals surface area (Å²) in [6.07, 6.45) is -2.40. The zero-order chi connectivity index (χ0) is 15.3. The summed E-state index contributed by atoms with van der Waals surface area (Å²) >= 11 is 1.33. The van der Waals surface area contributed by atoms with Gasteiger partial charge in [-0.15, -0.1) is 11.8 Å². The van der Waals surface area contributed by atoms with Crippen molar-refractivity contribution in [2.45, 2.75) is 44.5 Å². The Morgan fingerprint density at radius 2 is 1.40 bits per heavy atom. The van der Waals surface area contributed by atoms with Gasteiger partial charge in [-0.2, -0.15) is 0 Å². The molecule has 0 bridgehead atoms. The van der Waals surface area contributed by atoms with Gasteiger partial charge in [0.2, 0.25) is 0 Å². The van der Waals surface area contributed by atoms with Gasteiger partial charge in [0.15, 0.2) is 18.3 Å². The average Bonchev–Trinajstić information content (AvgIpc) is 2.31. The lowest BCUT2D eigenvalue weighted by Gasteiger charge is -2.39. The first kappa shape index (κ1) is 16.8. The third kappa shape index (κ3) is 4.68. The van der Waals surface area contributed by atoms with Crippen LogP contribution in [0.5, 0.6) is 0 Å². The van der Waals surface area contributed by atoms with Gasteiger partial charge in [-0.1, -0.05) is 0 Å². The predicted octanol–water partition coefficient (Wildman–Crippen LogP) is 0.501. The van der Waals surface area contributed by atoms with E-state index in [1.54, 1.807) is 0 Å². The van der Waals surface area contributed by atoms with Crippen LogP contribution in [-0.4, -0.2) is 54.5 Å². The lowest BCUT2D eigenvalue weighted by atomic mass is 10.1. The van der Waals surface area contributed by atoms with Gasteiger partial charge in [0.05, 0.1) is 0 Å². The molecule has 114 valence electrons. The molecule has 1 saturated heterocycles. The van der Waals surface area contributed by atoms with Crippen LogP contribution in [0, 0.1) is 0 Å². The molecule has 0 unspecified atom stereocenters. The highest BCUT2D eigenvalue weighted by molar-refractivity contribution is 7.99. The van der Waals surface area contributed by atoms with Gasteiger partial charge in [-0.05, 0) is 0 Å². The number of carbonyl (C=O) groups excluding carboxylic acids is 3. The second-order valence-electron chi connectivity index (χ2n) is 4.23. The van der Waals surface area contributed by atoms with Crippen molar-refractivity contribution in [2.24, 2.45) is 0 Å². The number of rotatable bonds is 4. The summed E-state index contributed by atoms with van der Waals surface area (Å²) in [4.78, 5) is 33.5. The smallest absolute Gasteiger partial charge is 0.303 e. The van der Waals surface area contributed by atoms with Gasteiger partial charge in [-0.3, -0.25) is 14.4 Å². The number of thioether (sulfide) groups is 1. The van der Waals surface area contributed by atoms with Crippen LogP contribution < -0.4 is 0 Å². The van der Waals surface area contributed by atoms with Gasteiger partial charge in [0.25, 0.3) is 0 Å². The fraction of sp³-hybridized carbons (Fsp3) is 0.750. The fourth-order valence-electron chi connectivity index (χ4n) is 1.91. The predicted molar refractivity (Wildman–Crippen MR) is 69.9 cm³/mol. The number of methoxy groups -OCH3 is 1. The molecule has 8 heteroatoms. The standard InChI is InChI=1S/C12H18O7S/c1-6(13)17-9-5-20-12(16-4)11(19-8(3)15)10(9)18-7(2)14/h9-12H,5H2,1-4H3/t9-,10+,11-,12-/m1/s1. The Bertz CT molecular complexity index is 384. The van der Waals surface area contributed by atoms with E-state index < -0.39 is 41.7 Å². The first-order valence-corrected chi connectivity index (χ1v) is 7.06. The van der Waals surface area contributed by atoms with Crippen LogP contribution in [0.15, 0.2) is 0 Å². The van der Waals surface area contributed by atoms with Gasteiger partial charge in [-0.25, -0.2) is 0 Å². The maximum absolute atomic E-state index is 11.2. The molecule has 1 aliphatic rings. The quantitative estimate of drug-likeness (QED) is 0.548. The summed E-state index contributed by atoms with van der Waals surface area (Å²) in [6, 6.07) is 0. The van der Waals surface area contributed by atoms with E-state index in [0.29, 0.717) is 5.75 Å². The summed E-state index contributed by atoms with van der Waals surface area (Å²) in [5.41, 5.74) is -0.491. The molecular weight excluding hydrogens is 288 g/mol. The van der Waals surface area contributed by atoms with E-state index in [1.807, 2.05) is 0 Å². The molecule has 0 saturated carbocycles. The van der Waals surface area contributed by atoms with E-state index in [9.17, 15) is 14.4 Å². The molecule has 1 fully saturated rings. The summed E-state index contributed by atoms with van der Waals surface area (Å²) in [5.74, 6) is -1.19. The van der Waals surface area contributed by atoms with Crippen molar-refractivity contribution in [3.05, 3.63) is 0 Å². The first-order valence-electron chi connectivity index (χ1n) is 6.01. The highest BCUT2D eigenvalue weighted by atomic mass is 32.2. The van der Waals surface area contributed by atoms with Crippen LogP contribution in [0.2, 0.25) is 0 Å². The maximum atomic E-state index is 11.2. The van der Waals surface area contributed by atoms with E-state index in [2.05, 4.69) is 0 Å². The molecule has 20 heavy (non-hydrogen) atoms. The van der Waals surface area contributed by atoms with Crippen molar-refractivity contribution in [1.29, 1.82) is 0 Å². The molecule has 1 rings (SSSR count). The van der Waals surface area contributed by atoms with Crippen molar-refractivity contribution in [2.75, 3.05) is 12.9 Å². The minimum atomic E-state index is -0.883. The van der Waals surface area contributed by atoms with Crippen molar-refractivity contribution in [3.8, 4) is 0 Å². The zero-order valence-electron chi connectivity index (χ0n) is 11.8. The second kappa shape index (κ2) is 7.49. The van der Waals surface area contributed by atoms with E-state index in [-0.39, 0.29) is 0 Å². The third-order valence-corrected chi connectivity index (χ3v) is 3.85. The maximum Gasteiger partial charge on any atom is 0.303 e. The van der Waals surface area contributed by atoms with Crippen LogP contribution in [0.4, 0.5) is 0 Å². The van der Waals surface area contributed by atoms with Gasteiger partial charge < -0.3 is 18.9 Å². The van der Waals surface area contributed by atoms with Crippen LogP contribution in [-0.2, 0) is 33.3 Å². The number of carbonyl (C=O) groups is 3. The zero-order valence-corrected chi connectivity index (χ0v) is 12.6. The Morgan fingerprint density at radius 3 is 1.85 bits per heavy atom. The molecule has 0 N–H and O–H groups in total. The lowest BCUT2D eigenvalue weighted by molar-refractivity contribution is -0.188. The molecule has 0 aromatic carbocycles. The average molecular weight is 306 g/mol. The Balaban J connectivity index is 2.95. The second-order valence-corrected chi connectivity index (χ2v) is 5.36. The third-order valence-electron chi connectivity index (χ3n) is 2.54. The van der Waals surface area contributed by atoms with Gasteiger partial charge in [0.1, 0.15) is 5.44 Å². The van der Waals surface area contributed by atoms with Crippen LogP contribution in [0.25, 0.3) is 0 Å². The largest absolute Gasteiger partial charge is 0.458 e. The molecule has 0 aliphatic carbocycles. The molecule has 0 aromatic rings. The highest BCUT2D eigenvalue weighted by Gasteiger charge is 2.46. The van der Waals surface area contributed by atoms with Crippen LogP contribution >= 0.6 is 11.8 Å². The monoisotopic (exact) mass is 306 g/mol. The molecule has 7 nitrogen and oxygen atoms in total. The first-order chi connectivity index (χ1) is 9.35. The summed E-state index contributed by atoms with van der Waals surface area (Å²) < 4.78 is 20.7. The van der Waals surface area contributed by atoms with Gasteiger partial charge in [0, 0.05) is 33.6 Å². The van der Waals surface area contributed by atoms with Crippen molar-refractivity contribution < 1.29 is 33.3 Å². The molecule has 1 aliphatic heterocycles. The highest BCUT2D eigenvalue weighted by Crippen LogP contribution is 2.32. The molecule has 0 radical (unpaired) electrons. The van der Waals surface area contributed by atoms with E-state index in [0.717, 1.165) is 0 Å². The van der Waals surface area contributed by atoms with Crippen molar-refractivity contribution >= 4 is 29.7 Å². The molecular formula is C12H18O7S. The summed E-state index contributed by atoms with van der Waals surface area (Å²) in [6.45, 7) is 3.75. The lowest BCUT2D eigenvalue weighted by Crippen LogP contribution is -2.54. The Morgan fingerprint density at radius 1 is 0.900 bits per heavy atom. The van der Waals surface area contributed by atoms with Gasteiger partial charge >= 0.3 is 17.9 Å². The van der Waals surface area contributed by atoms with Crippen LogP contribution in [0.3, 0.4) is 0 Å². The topological polar surface area (TPSA) is 88.1 Å². The molecule has 1 heterocycles. The number of hydrogen-bond donors (Lipinski definition) is 0. The molecule has 0 amide bonds. The molecule has 4 atom stereocenters. The van der Waals surface area contributed by atoms with Crippen molar-refractivity contribution in [1.82, 2.24) is 0 Å². The summed E-state index contributed by atoms with van der Waals surface area (Å²) in [7, 11) is 1.46. The fourth-order valence-corrected chi connectivity index (χ4v) is 3.08. The molecule has 0 spiro atoms. The minimum absolute atomic E-state index is 0.383. The summed E-state index contributed by atoms with van der Waals surface area (Å²) in [5, 5.41) is 0. The minimum Gasteiger partial charge on any atom is -0.458 e. The van der Waals surface area contributed by atoms with E-state index >= 15 is 0 Å². The Labute approximate surface area is 121 Å². The SMILES string of the molecule is CO[C@@H]1SC[C@@H](OC(C)=O)[C@H](OC(C)=O)[C@H]1OC(C)=O. The normalized spacial score (nSPS) is 29.4. The Hall–Kier alpha value is -1.28. The molecule has 0 aromatic heterocycles. The van der Waals surface area contributed by atoms with Crippen LogP contribution in [0.1, 0.15) is 20.8 Å². The Kier molecular flexibility index (Phi) is 6.28. The van der Waals surface area contributed by atoms with Crippen molar-refractivity contribution in [3.63, 3.8) is 0 Å². The van der Waals surface area contributed by atoms with E-state index in [4.69, 9.17) is 18.9 Å². The number of hydrogen-bond acceptors (Lipinski definition) is 8. The van der Waals surface area contributed by atoms with E-state index in [1.165, 1.54) is 39.6 Å². The number of ether oxygens (including phenoxy) is 4.